The summed E-state index contributed by atoms with van der Waals surface area (Å²) >= 11 is 4.52. The Morgan fingerprint density at radius 2 is 2.12 bits per heavy atom. The summed E-state index contributed by atoms with van der Waals surface area (Å²) in [6.07, 6.45) is 0. The zero-order valence-electron chi connectivity index (χ0n) is 13.8. The molecule has 0 atom stereocenters. The maximum Gasteiger partial charge on any atom is 0.251 e. The molecule has 0 saturated carbocycles. The first-order valence-electron chi connectivity index (χ1n) is 7.70. The van der Waals surface area contributed by atoms with Gasteiger partial charge in [-0.05, 0) is 43.7 Å². The predicted molar refractivity (Wildman–Crippen MR) is 98.1 cm³/mol. The van der Waals surface area contributed by atoms with Gasteiger partial charge < -0.3 is 15.0 Å². The molecule has 0 fully saturated rings. The molecule has 1 amide bonds. The van der Waals surface area contributed by atoms with Gasteiger partial charge in [0, 0.05) is 17.0 Å². The second-order valence-electron chi connectivity index (χ2n) is 5.49. The summed E-state index contributed by atoms with van der Waals surface area (Å²) in [5.41, 5.74) is 4.06. The number of carbonyl (C=O) groups excluding carboxylic acids is 1. The van der Waals surface area contributed by atoms with Crippen LogP contribution in [0.4, 0.5) is 0 Å². The molecule has 1 heterocycles. The molecule has 0 radical (unpaired) electrons. The van der Waals surface area contributed by atoms with Crippen molar-refractivity contribution in [2.45, 2.75) is 18.7 Å². The van der Waals surface area contributed by atoms with Crippen LogP contribution in [-0.4, -0.2) is 29.5 Å². The number of hydrogen-bond donors (Lipinski definition) is 3. The van der Waals surface area contributed by atoms with Gasteiger partial charge in [0.15, 0.2) is 0 Å². The molecule has 6 heteroatoms. The van der Waals surface area contributed by atoms with Gasteiger partial charge in [0.25, 0.3) is 5.91 Å². The molecule has 0 unspecified atom stereocenters. The van der Waals surface area contributed by atoms with Crippen LogP contribution in [0.2, 0.25) is 0 Å². The minimum Gasteiger partial charge on any atom is -0.495 e. The molecular formula is C18H19N3O2S. The maximum absolute atomic E-state index is 12.0. The van der Waals surface area contributed by atoms with Crippen molar-refractivity contribution >= 4 is 29.6 Å². The largest absolute Gasteiger partial charge is 0.495 e. The summed E-state index contributed by atoms with van der Waals surface area (Å²) in [6.45, 7) is 4.46. The molecule has 5 nitrogen and oxygen atoms in total. The van der Waals surface area contributed by atoms with Crippen molar-refractivity contribution in [2.24, 2.45) is 0 Å². The van der Waals surface area contributed by atoms with Crippen molar-refractivity contribution in [3.8, 4) is 17.1 Å². The van der Waals surface area contributed by atoms with Crippen LogP contribution in [-0.2, 0) is 0 Å². The highest BCUT2D eigenvalue weighted by atomic mass is 32.1. The van der Waals surface area contributed by atoms with E-state index >= 15 is 0 Å². The lowest BCUT2D eigenvalue weighted by Crippen LogP contribution is -2.22. The summed E-state index contributed by atoms with van der Waals surface area (Å²) in [5.74, 6) is 1.26. The second kappa shape index (κ2) is 6.57. The number of aryl methyl sites for hydroxylation is 1. The molecule has 3 rings (SSSR count). The summed E-state index contributed by atoms with van der Waals surface area (Å²) < 4.78 is 5.50. The number of nitrogens with one attached hydrogen (secondary N) is 2. The van der Waals surface area contributed by atoms with Crippen molar-refractivity contribution < 1.29 is 9.53 Å². The molecule has 3 aromatic rings. The van der Waals surface area contributed by atoms with Crippen LogP contribution in [0.15, 0.2) is 35.2 Å². The number of benzene rings is 2. The third kappa shape index (κ3) is 2.85. The number of methoxy groups -OCH3 is 1. The van der Waals surface area contributed by atoms with Gasteiger partial charge in [-0.3, -0.25) is 4.79 Å². The third-order valence-electron chi connectivity index (χ3n) is 3.88. The Labute approximate surface area is 145 Å². The summed E-state index contributed by atoms with van der Waals surface area (Å²) in [5, 5.41) is 2.79. The fraction of sp³-hybridized carbons (Fsp3) is 0.222. The monoisotopic (exact) mass is 341 g/mol. The number of aromatic amines is 1. The fourth-order valence-electron chi connectivity index (χ4n) is 2.60. The number of ether oxygens (including phenoxy) is 1. The lowest BCUT2D eigenvalue weighted by molar-refractivity contribution is 0.0956. The van der Waals surface area contributed by atoms with Crippen LogP contribution in [0.1, 0.15) is 22.8 Å². The first-order valence-corrected chi connectivity index (χ1v) is 8.14. The standard InChI is InChI=1S/C18H19N3O2S/c1-4-19-18(22)11-6-8-13-14(9-11)21-17(20-13)12-7-5-10(2)16(24)15(12)23-3/h5-9,24H,4H2,1-3H3,(H,19,22)(H,20,21). The smallest absolute Gasteiger partial charge is 0.251 e. The Bertz CT molecular complexity index is 918. The van der Waals surface area contributed by atoms with E-state index in [1.54, 1.807) is 19.2 Å². The zero-order chi connectivity index (χ0) is 17.3. The maximum atomic E-state index is 12.0. The van der Waals surface area contributed by atoms with E-state index in [4.69, 9.17) is 4.74 Å². The molecule has 2 aromatic carbocycles. The number of carbonyl (C=O) groups is 1. The molecule has 0 saturated heterocycles. The molecule has 0 aliphatic carbocycles. The molecule has 24 heavy (non-hydrogen) atoms. The lowest BCUT2D eigenvalue weighted by atomic mass is 10.1. The Morgan fingerprint density at radius 3 is 2.83 bits per heavy atom. The van der Waals surface area contributed by atoms with Crippen LogP contribution in [0.25, 0.3) is 22.4 Å². The average molecular weight is 341 g/mol. The molecule has 124 valence electrons. The Hall–Kier alpha value is -2.47. The normalized spacial score (nSPS) is 10.8. The SMILES string of the molecule is CCNC(=O)c1ccc2[nH]c(-c3ccc(C)c(S)c3OC)nc2c1. The predicted octanol–water partition coefficient (Wildman–Crippen LogP) is 3.59. The van der Waals surface area contributed by atoms with Gasteiger partial charge in [-0.2, -0.15) is 0 Å². The van der Waals surface area contributed by atoms with Crippen molar-refractivity contribution in [1.29, 1.82) is 0 Å². The van der Waals surface area contributed by atoms with E-state index in [1.807, 2.05) is 32.0 Å². The van der Waals surface area contributed by atoms with Crippen LogP contribution in [0.3, 0.4) is 0 Å². The number of rotatable bonds is 4. The van der Waals surface area contributed by atoms with Crippen molar-refractivity contribution in [3.63, 3.8) is 0 Å². The van der Waals surface area contributed by atoms with Gasteiger partial charge in [-0.1, -0.05) is 6.07 Å². The topological polar surface area (TPSA) is 67.0 Å². The van der Waals surface area contributed by atoms with Crippen LogP contribution in [0.5, 0.6) is 5.75 Å². The van der Waals surface area contributed by atoms with Gasteiger partial charge >= 0.3 is 0 Å². The molecule has 2 N–H and O–H groups in total. The van der Waals surface area contributed by atoms with E-state index < -0.39 is 0 Å². The molecule has 0 bridgehead atoms. The number of imidazole rings is 1. The van der Waals surface area contributed by atoms with E-state index in [0.717, 1.165) is 27.1 Å². The number of nitrogens with zero attached hydrogens (tertiary/aromatic N) is 1. The number of fused-ring (bicyclic) bond motifs is 1. The van der Waals surface area contributed by atoms with Crippen LogP contribution in [0, 0.1) is 6.92 Å². The number of amides is 1. The Balaban J connectivity index is 2.09. The second-order valence-corrected chi connectivity index (χ2v) is 5.94. The van der Waals surface area contributed by atoms with E-state index in [2.05, 4.69) is 27.9 Å². The minimum absolute atomic E-state index is 0.102. The molecule has 1 aromatic heterocycles. The lowest BCUT2D eigenvalue weighted by Gasteiger charge is -2.10. The van der Waals surface area contributed by atoms with Crippen LogP contribution < -0.4 is 10.1 Å². The average Bonchev–Trinajstić information content (AvgIpc) is 3.00. The molecule has 0 aliphatic heterocycles. The van der Waals surface area contributed by atoms with Gasteiger partial charge in [0.1, 0.15) is 11.6 Å². The third-order valence-corrected chi connectivity index (χ3v) is 4.43. The summed E-state index contributed by atoms with van der Waals surface area (Å²) in [7, 11) is 1.62. The van der Waals surface area contributed by atoms with Gasteiger partial charge in [-0.15, -0.1) is 12.6 Å². The molecule has 0 spiro atoms. The van der Waals surface area contributed by atoms with E-state index in [9.17, 15) is 4.79 Å². The quantitative estimate of drug-likeness (QED) is 0.635. The van der Waals surface area contributed by atoms with Gasteiger partial charge in [0.2, 0.25) is 0 Å². The highest BCUT2D eigenvalue weighted by Crippen LogP contribution is 2.36. The highest BCUT2D eigenvalue weighted by Gasteiger charge is 2.15. The minimum atomic E-state index is -0.102. The summed E-state index contributed by atoms with van der Waals surface area (Å²) in [6, 6.07) is 9.36. The van der Waals surface area contributed by atoms with E-state index in [1.165, 1.54) is 0 Å². The first kappa shape index (κ1) is 16.4. The van der Waals surface area contributed by atoms with E-state index in [0.29, 0.717) is 23.7 Å². The Morgan fingerprint density at radius 1 is 1.33 bits per heavy atom. The van der Waals surface area contributed by atoms with Gasteiger partial charge in [-0.25, -0.2) is 4.98 Å². The summed E-state index contributed by atoms with van der Waals surface area (Å²) in [4.78, 5) is 20.6. The fourth-order valence-corrected chi connectivity index (χ4v) is 2.89. The highest BCUT2D eigenvalue weighted by molar-refractivity contribution is 7.80. The van der Waals surface area contributed by atoms with Crippen molar-refractivity contribution in [1.82, 2.24) is 15.3 Å². The Kier molecular flexibility index (Phi) is 4.49. The molecule has 0 aliphatic rings. The molecular weight excluding hydrogens is 322 g/mol. The number of H-pyrrole nitrogens is 1. The van der Waals surface area contributed by atoms with Crippen molar-refractivity contribution in [2.75, 3.05) is 13.7 Å². The van der Waals surface area contributed by atoms with Crippen molar-refractivity contribution in [3.05, 3.63) is 41.5 Å². The van der Waals surface area contributed by atoms with E-state index in [-0.39, 0.29) is 5.91 Å². The zero-order valence-corrected chi connectivity index (χ0v) is 14.7. The van der Waals surface area contributed by atoms with Crippen LogP contribution >= 0.6 is 12.6 Å². The number of aromatic nitrogens is 2. The number of hydrogen-bond acceptors (Lipinski definition) is 4. The van der Waals surface area contributed by atoms with Gasteiger partial charge in [0.05, 0.1) is 23.7 Å². The number of thiol groups is 1. The first-order chi connectivity index (χ1) is 11.5.